The first-order valence-electron chi connectivity index (χ1n) is 9.12. The smallest absolute Gasteiger partial charge is 0.224 e. The largest absolute Gasteiger partial charge is 0.383 e. The fourth-order valence-electron chi connectivity index (χ4n) is 3.10. The number of para-hydroxylation sites is 2. The van der Waals surface area contributed by atoms with Gasteiger partial charge in [-0.05, 0) is 30.2 Å². The topological polar surface area (TPSA) is 56.1 Å². The Labute approximate surface area is 164 Å². The van der Waals surface area contributed by atoms with E-state index in [1.165, 1.54) is 0 Å². The third-order valence-corrected chi connectivity index (χ3v) is 4.83. The summed E-state index contributed by atoms with van der Waals surface area (Å²) in [5.74, 6) is 1.00. The molecule has 5 nitrogen and oxygen atoms in total. The van der Waals surface area contributed by atoms with Crippen molar-refractivity contribution in [3.05, 3.63) is 64.9 Å². The first-order chi connectivity index (χ1) is 13.2. The van der Waals surface area contributed by atoms with Gasteiger partial charge in [0.2, 0.25) is 5.91 Å². The molecule has 3 rings (SSSR count). The van der Waals surface area contributed by atoms with Crippen molar-refractivity contribution in [3.8, 4) is 0 Å². The molecule has 0 fully saturated rings. The van der Waals surface area contributed by atoms with Crippen LogP contribution in [0.1, 0.15) is 17.8 Å². The Bertz CT molecular complexity index is 907. The van der Waals surface area contributed by atoms with E-state index in [1.54, 1.807) is 13.2 Å². The Morgan fingerprint density at radius 1 is 1.19 bits per heavy atom. The lowest BCUT2D eigenvalue weighted by Gasteiger charge is -2.09. The monoisotopic (exact) mass is 385 g/mol. The maximum Gasteiger partial charge on any atom is 0.224 e. The van der Waals surface area contributed by atoms with Crippen LogP contribution in [0.3, 0.4) is 0 Å². The molecule has 0 unspecified atom stereocenters. The number of halogens is 1. The summed E-state index contributed by atoms with van der Waals surface area (Å²) in [5, 5.41) is 3.59. The number of benzene rings is 2. The van der Waals surface area contributed by atoms with E-state index in [2.05, 4.69) is 16.0 Å². The van der Waals surface area contributed by atoms with Gasteiger partial charge in [-0.25, -0.2) is 4.98 Å². The first-order valence-corrected chi connectivity index (χ1v) is 9.50. The number of ether oxygens (including phenoxy) is 1. The summed E-state index contributed by atoms with van der Waals surface area (Å²) in [7, 11) is 1.70. The van der Waals surface area contributed by atoms with E-state index in [0.29, 0.717) is 24.6 Å². The SMILES string of the molecule is COCCn1c(CCCNC(=O)Cc2ccccc2Cl)nc2ccccc21. The van der Waals surface area contributed by atoms with Crippen molar-refractivity contribution in [2.24, 2.45) is 0 Å². The molecule has 1 N–H and O–H groups in total. The van der Waals surface area contributed by atoms with Crippen molar-refractivity contribution in [2.75, 3.05) is 20.3 Å². The zero-order chi connectivity index (χ0) is 19.1. The van der Waals surface area contributed by atoms with Gasteiger partial charge in [-0.2, -0.15) is 0 Å². The molecule has 142 valence electrons. The minimum atomic E-state index is -0.0176. The predicted molar refractivity (Wildman–Crippen MR) is 108 cm³/mol. The molecule has 27 heavy (non-hydrogen) atoms. The Hall–Kier alpha value is -2.37. The third kappa shape index (κ3) is 5.08. The lowest BCUT2D eigenvalue weighted by atomic mass is 10.1. The third-order valence-electron chi connectivity index (χ3n) is 4.46. The highest BCUT2D eigenvalue weighted by molar-refractivity contribution is 6.31. The number of carbonyl (C=O) groups is 1. The average molecular weight is 386 g/mol. The van der Waals surface area contributed by atoms with Crippen molar-refractivity contribution in [1.82, 2.24) is 14.9 Å². The van der Waals surface area contributed by atoms with Gasteiger partial charge in [-0.3, -0.25) is 4.79 Å². The zero-order valence-electron chi connectivity index (χ0n) is 15.5. The average Bonchev–Trinajstić information content (AvgIpc) is 3.03. The molecule has 0 saturated carbocycles. The van der Waals surface area contributed by atoms with E-state index >= 15 is 0 Å². The number of nitrogens with zero attached hydrogens (tertiary/aromatic N) is 2. The molecule has 0 aliphatic carbocycles. The van der Waals surface area contributed by atoms with Crippen molar-refractivity contribution >= 4 is 28.5 Å². The molecule has 0 bridgehead atoms. The number of methoxy groups -OCH3 is 1. The predicted octanol–water partition coefficient (Wildman–Crippen LogP) is 3.63. The van der Waals surface area contributed by atoms with Gasteiger partial charge in [-0.1, -0.05) is 41.9 Å². The number of imidazole rings is 1. The number of hydrogen-bond acceptors (Lipinski definition) is 3. The summed E-state index contributed by atoms with van der Waals surface area (Å²) in [6.07, 6.45) is 1.92. The minimum absolute atomic E-state index is 0.0176. The number of rotatable bonds is 9. The number of nitrogens with one attached hydrogen (secondary N) is 1. The minimum Gasteiger partial charge on any atom is -0.383 e. The molecule has 0 aliphatic rings. The molecule has 2 aromatic carbocycles. The molecule has 1 amide bonds. The summed E-state index contributed by atoms with van der Waals surface area (Å²) in [5.41, 5.74) is 2.96. The van der Waals surface area contributed by atoms with Crippen LogP contribution in [0, 0.1) is 0 Å². The van der Waals surface area contributed by atoms with Gasteiger partial charge < -0.3 is 14.6 Å². The molecule has 0 radical (unpaired) electrons. The molecule has 0 atom stereocenters. The second-order valence-electron chi connectivity index (χ2n) is 6.38. The molecular weight excluding hydrogens is 362 g/mol. The fourth-order valence-corrected chi connectivity index (χ4v) is 3.30. The second-order valence-corrected chi connectivity index (χ2v) is 6.79. The number of fused-ring (bicyclic) bond motifs is 1. The first kappa shape index (κ1) is 19.4. The van der Waals surface area contributed by atoms with Crippen LogP contribution in [-0.2, 0) is 28.9 Å². The van der Waals surface area contributed by atoms with Crippen LogP contribution in [-0.4, -0.2) is 35.7 Å². The highest BCUT2D eigenvalue weighted by Gasteiger charge is 2.11. The Kier molecular flexibility index (Phi) is 6.85. The van der Waals surface area contributed by atoms with E-state index in [0.717, 1.165) is 41.8 Å². The normalized spacial score (nSPS) is 11.0. The number of aromatic nitrogens is 2. The molecule has 1 aromatic heterocycles. The molecule has 1 heterocycles. The number of carbonyl (C=O) groups excluding carboxylic acids is 1. The van der Waals surface area contributed by atoms with Crippen molar-refractivity contribution in [1.29, 1.82) is 0 Å². The second kappa shape index (κ2) is 9.53. The lowest BCUT2D eigenvalue weighted by Crippen LogP contribution is -2.26. The number of aryl methyl sites for hydroxylation is 1. The van der Waals surface area contributed by atoms with Crippen LogP contribution in [0.5, 0.6) is 0 Å². The van der Waals surface area contributed by atoms with Crippen LogP contribution >= 0.6 is 11.6 Å². The molecule has 3 aromatic rings. The van der Waals surface area contributed by atoms with Gasteiger partial charge in [-0.15, -0.1) is 0 Å². The van der Waals surface area contributed by atoms with Crippen LogP contribution < -0.4 is 5.32 Å². The highest BCUT2D eigenvalue weighted by atomic mass is 35.5. The highest BCUT2D eigenvalue weighted by Crippen LogP contribution is 2.17. The Balaban J connectivity index is 1.54. The number of hydrogen-bond donors (Lipinski definition) is 1. The van der Waals surface area contributed by atoms with Crippen LogP contribution in [0.15, 0.2) is 48.5 Å². The summed E-state index contributed by atoms with van der Waals surface area (Å²) in [6.45, 7) is 2.02. The van der Waals surface area contributed by atoms with Gasteiger partial charge in [0, 0.05) is 31.6 Å². The van der Waals surface area contributed by atoms with E-state index < -0.39 is 0 Å². The maximum absolute atomic E-state index is 12.1. The molecule has 6 heteroatoms. The van der Waals surface area contributed by atoms with E-state index in [9.17, 15) is 4.79 Å². The van der Waals surface area contributed by atoms with E-state index in [1.807, 2.05) is 36.4 Å². The molecular formula is C21H24ClN3O2. The van der Waals surface area contributed by atoms with Crippen molar-refractivity contribution < 1.29 is 9.53 Å². The standard InChI is InChI=1S/C21H24ClN3O2/c1-27-14-13-25-19-10-5-4-9-18(19)24-20(25)11-6-12-23-21(26)15-16-7-2-3-8-17(16)22/h2-5,7-10H,6,11-15H2,1H3,(H,23,26). The van der Waals surface area contributed by atoms with Crippen LogP contribution in [0.2, 0.25) is 5.02 Å². The summed E-state index contributed by atoms with van der Waals surface area (Å²) >= 11 is 6.11. The maximum atomic E-state index is 12.1. The van der Waals surface area contributed by atoms with Gasteiger partial charge in [0.15, 0.2) is 0 Å². The van der Waals surface area contributed by atoms with E-state index in [4.69, 9.17) is 21.3 Å². The van der Waals surface area contributed by atoms with Gasteiger partial charge >= 0.3 is 0 Å². The quantitative estimate of drug-likeness (QED) is 0.572. The Morgan fingerprint density at radius 3 is 2.78 bits per heavy atom. The van der Waals surface area contributed by atoms with Crippen LogP contribution in [0.25, 0.3) is 11.0 Å². The van der Waals surface area contributed by atoms with Crippen LogP contribution in [0.4, 0.5) is 0 Å². The lowest BCUT2D eigenvalue weighted by molar-refractivity contribution is -0.120. The summed E-state index contributed by atoms with van der Waals surface area (Å²) in [6, 6.07) is 15.5. The van der Waals surface area contributed by atoms with E-state index in [-0.39, 0.29) is 5.91 Å². The van der Waals surface area contributed by atoms with Crippen molar-refractivity contribution in [2.45, 2.75) is 25.8 Å². The zero-order valence-corrected chi connectivity index (χ0v) is 16.2. The van der Waals surface area contributed by atoms with Gasteiger partial charge in [0.1, 0.15) is 5.82 Å². The number of amides is 1. The van der Waals surface area contributed by atoms with Gasteiger partial charge in [0.25, 0.3) is 0 Å². The fraction of sp³-hybridized carbons (Fsp3) is 0.333. The van der Waals surface area contributed by atoms with Gasteiger partial charge in [0.05, 0.1) is 24.1 Å². The molecule has 0 spiro atoms. The van der Waals surface area contributed by atoms with Crippen molar-refractivity contribution in [3.63, 3.8) is 0 Å². The molecule has 0 aliphatic heterocycles. The molecule has 0 saturated heterocycles. The Morgan fingerprint density at radius 2 is 1.96 bits per heavy atom. The summed E-state index contributed by atoms with van der Waals surface area (Å²) < 4.78 is 7.42. The summed E-state index contributed by atoms with van der Waals surface area (Å²) in [4.78, 5) is 16.9.